The quantitative estimate of drug-likeness (QED) is 0.164. The van der Waals surface area contributed by atoms with E-state index in [9.17, 15) is 9.59 Å². The molecule has 8 heteroatoms. The van der Waals surface area contributed by atoms with E-state index in [2.05, 4.69) is 26.6 Å². The zero-order valence-corrected chi connectivity index (χ0v) is 16.0. The Bertz CT molecular complexity index is 339. The maximum absolute atomic E-state index is 11.6. The molecule has 0 aromatic carbocycles. The summed E-state index contributed by atoms with van der Waals surface area (Å²) in [6.07, 6.45) is 0.616. The lowest BCUT2D eigenvalue weighted by Crippen LogP contribution is -2.37. The Balaban J connectivity index is 3.20. The molecule has 0 atom stereocenters. The number of carbonyl (C=O) groups excluding carboxylic acids is 2. The number of nitrogens with two attached hydrogens (primary N) is 1. The number of amides is 1. The maximum atomic E-state index is 11.6. The van der Waals surface area contributed by atoms with E-state index in [1.807, 2.05) is 13.8 Å². The topological polar surface area (TPSA) is 120 Å². The van der Waals surface area contributed by atoms with Gasteiger partial charge >= 0.3 is 0 Å². The van der Waals surface area contributed by atoms with E-state index in [4.69, 9.17) is 5.73 Å². The predicted octanol–water partition coefficient (Wildman–Crippen LogP) is -1.57. The second-order valence-corrected chi connectivity index (χ2v) is 6.26. The van der Waals surface area contributed by atoms with Crippen molar-refractivity contribution >= 4 is 11.7 Å². The minimum atomic E-state index is -0.0547. The highest BCUT2D eigenvalue weighted by Crippen LogP contribution is 2.01. The first-order chi connectivity index (χ1) is 12.1. The molecule has 25 heavy (non-hydrogen) atoms. The normalized spacial score (nSPS) is 11.0. The van der Waals surface area contributed by atoms with Crippen molar-refractivity contribution in [3.8, 4) is 0 Å². The van der Waals surface area contributed by atoms with Crippen LogP contribution in [0.5, 0.6) is 0 Å². The van der Waals surface area contributed by atoms with Crippen molar-refractivity contribution in [1.82, 2.24) is 26.6 Å². The van der Waals surface area contributed by atoms with Gasteiger partial charge in [0.2, 0.25) is 5.91 Å². The van der Waals surface area contributed by atoms with Crippen LogP contribution in [0.15, 0.2) is 0 Å². The van der Waals surface area contributed by atoms with Crippen LogP contribution in [0.25, 0.3) is 0 Å². The lowest BCUT2D eigenvalue weighted by atomic mass is 10.0. The first kappa shape index (κ1) is 23.9. The van der Waals surface area contributed by atoms with Crippen molar-refractivity contribution in [2.24, 2.45) is 11.7 Å². The summed E-state index contributed by atoms with van der Waals surface area (Å²) in [7, 11) is 0. The van der Waals surface area contributed by atoms with E-state index in [0.29, 0.717) is 19.5 Å². The van der Waals surface area contributed by atoms with Gasteiger partial charge in [0, 0.05) is 84.2 Å². The summed E-state index contributed by atoms with van der Waals surface area (Å²) in [5.74, 6) is 0.0895. The average Bonchev–Trinajstić information content (AvgIpc) is 2.59. The molecular weight excluding hydrogens is 320 g/mol. The molecule has 0 aromatic heterocycles. The van der Waals surface area contributed by atoms with Gasteiger partial charge in [-0.15, -0.1) is 0 Å². The van der Waals surface area contributed by atoms with Gasteiger partial charge in [0.25, 0.3) is 0 Å². The average molecular weight is 359 g/mol. The molecule has 0 heterocycles. The molecule has 0 aliphatic rings. The highest BCUT2D eigenvalue weighted by atomic mass is 16.2. The molecular formula is C17H38N6O2. The van der Waals surface area contributed by atoms with Gasteiger partial charge in [-0.3, -0.25) is 9.59 Å². The van der Waals surface area contributed by atoms with E-state index in [1.54, 1.807) is 0 Å². The van der Waals surface area contributed by atoms with E-state index >= 15 is 0 Å². The lowest BCUT2D eigenvalue weighted by Gasteiger charge is -2.09. The Morgan fingerprint density at radius 3 is 1.60 bits per heavy atom. The van der Waals surface area contributed by atoms with Crippen LogP contribution in [0, 0.1) is 5.92 Å². The molecule has 0 spiro atoms. The van der Waals surface area contributed by atoms with E-state index in [-0.39, 0.29) is 24.0 Å². The van der Waals surface area contributed by atoms with Gasteiger partial charge < -0.3 is 32.3 Å². The van der Waals surface area contributed by atoms with Crippen LogP contribution >= 0.6 is 0 Å². The summed E-state index contributed by atoms with van der Waals surface area (Å²) in [6, 6.07) is 0. The van der Waals surface area contributed by atoms with Crippen LogP contribution in [0.2, 0.25) is 0 Å². The minimum Gasteiger partial charge on any atom is -0.355 e. The van der Waals surface area contributed by atoms with Crippen molar-refractivity contribution in [3.05, 3.63) is 0 Å². The molecule has 0 bridgehead atoms. The number of nitrogens with one attached hydrogen (secondary N) is 5. The zero-order valence-electron chi connectivity index (χ0n) is 16.0. The van der Waals surface area contributed by atoms with Gasteiger partial charge in [0.05, 0.1) is 0 Å². The third kappa shape index (κ3) is 17.6. The SMILES string of the molecule is CC(C)C(=O)CCC(=O)NCCNCCNCCNCCNCCN. The van der Waals surface area contributed by atoms with E-state index < -0.39 is 0 Å². The van der Waals surface area contributed by atoms with Gasteiger partial charge in [0.15, 0.2) is 0 Å². The lowest BCUT2D eigenvalue weighted by molar-refractivity contribution is -0.126. The third-order valence-electron chi connectivity index (χ3n) is 3.62. The van der Waals surface area contributed by atoms with Gasteiger partial charge in [-0.25, -0.2) is 0 Å². The van der Waals surface area contributed by atoms with Crippen molar-refractivity contribution in [2.75, 3.05) is 65.4 Å². The molecule has 0 saturated carbocycles. The number of ketones is 1. The van der Waals surface area contributed by atoms with Crippen LogP contribution in [0.1, 0.15) is 26.7 Å². The second kappa shape index (κ2) is 17.8. The summed E-state index contributed by atoms with van der Waals surface area (Å²) in [5, 5.41) is 16.0. The van der Waals surface area contributed by atoms with Gasteiger partial charge in [-0.2, -0.15) is 0 Å². The van der Waals surface area contributed by atoms with E-state index in [0.717, 1.165) is 52.4 Å². The van der Waals surface area contributed by atoms with E-state index in [1.165, 1.54) is 0 Å². The van der Waals surface area contributed by atoms with Crippen molar-refractivity contribution in [1.29, 1.82) is 0 Å². The molecule has 1 amide bonds. The number of Topliss-reactive ketones (excluding diaryl/α,β-unsaturated/α-hetero) is 1. The summed E-state index contributed by atoms with van der Waals surface area (Å²) < 4.78 is 0. The summed E-state index contributed by atoms with van der Waals surface area (Å²) in [4.78, 5) is 23.0. The van der Waals surface area contributed by atoms with Gasteiger partial charge in [0.1, 0.15) is 5.78 Å². The number of hydrogen-bond donors (Lipinski definition) is 6. The number of rotatable bonds is 18. The summed E-state index contributed by atoms with van der Waals surface area (Å²) >= 11 is 0. The Morgan fingerprint density at radius 1 is 0.720 bits per heavy atom. The molecule has 0 rings (SSSR count). The summed E-state index contributed by atoms with van der Waals surface area (Å²) in [5.41, 5.74) is 5.38. The number of hydrogen-bond acceptors (Lipinski definition) is 7. The van der Waals surface area contributed by atoms with Crippen LogP contribution in [-0.2, 0) is 9.59 Å². The molecule has 148 valence electrons. The second-order valence-electron chi connectivity index (χ2n) is 6.26. The summed E-state index contributed by atoms with van der Waals surface area (Å²) in [6.45, 7) is 12.1. The smallest absolute Gasteiger partial charge is 0.220 e. The Morgan fingerprint density at radius 2 is 1.16 bits per heavy atom. The third-order valence-corrected chi connectivity index (χ3v) is 3.62. The highest BCUT2D eigenvalue weighted by Gasteiger charge is 2.09. The maximum Gasteiger partial charge on any atom is 0.220 e. The fourth-order valence-corrected chi connectivity index (χ4v) is 2.04. The minimum absolute atomic E-state index is 0.00462. The van der Waals surface area contributed by atoms with Crippen molar-refractivity contribution in [2.45, 2.75) is 26.7 Å². The number of carbonyl (C=O) groups is 2. The monoisotopic (exact) mass is 358 g/mol. The zero-order chi connectivity index (χ0) is 18.8. The van der Waals surface area contributed by atoms with Crippen molar-refractivity contribution < 1.29 is 9.59 Å². The fourth-order valence-electron chi connectivity index (χ4n) is 2.04. The molecule has 0 unspecified atom stereocenters. The van der Waals surface area contributed by atoms with Gasteiger partial charge in [-0.1, -0.05) is 13.8 Å². The highest BCUT2D eigenvalue weighted by molar-refractivity contribution is 5.85. The largest absolute Gasteiger partial charge is 0.355 e. The molecule has 0 radical (unpaired) electrons. The van der Waals surface area contributed by atoms with Crippen LogP contribution in [-0.4, -0.2) is 77.1 Å². The molecule has 0 saturated heterocycles. The molecule has 0 aromatic rings. The Kier molecular flexibility index (Phi) is 17.0. The molecule has 0 aliphatic heterocycles. The predicted molar refractivity (Wildman–Crippen MR) is 103 cm³/mol. The first-order valence-corrected chi connectivity index (χ1v) is 9.40. The van der Waals surface area contributed by atoms with Crippen molar-refractivity contribution in [3.63, 3.8) is 0 Å². The van der Waals surface area contributed by atoms with Crippen LogP contribution in [0.3, 0.4) is 0 Å². The van der Waals surface area contributed by atoms with Crippen LogP contribution < -0.4 is 32.3 Å². The molecule has 0 aliphatic carbocycles. The molecule has 0 fully saturated rings. The Hall–Kier alpha value is -1.06. The molecule has 8 nitrogen and oxygen atoms in total. The van der Waals surface area contributed by atoms with Crippen LogP contribution in [0.4, 0.5) is 0 Å². The first-order valence-electron chi connectivity index (χ1n) is 9.40. The standard InChI is InChI=1S/C17H38N6O2/c1-15(2)16(24)3-4-17(25)23-14-13-22-12-11-21-10-9-20-8-7-19-6-5-18/h15,19-22H,3-14,18H2,1-2H3,(H,23,25). The molecule has 7 N–H and O–H groups in total. The van der Waals surface area contributed by atoms with Gasteiger partial charge in [-0.05, 0) is 0 Å². The fraction of sp³-hybridized carbons (Fsp3) is 0.882. The Labute approximate surface area is 152 Å².